The summed E-state index contributed by atoms with van der Waals surface area (Å²) in [6.07, 6.45) is 0. The molecule has 9 heteroatoms. The van der Waals surface area contributed by atoms with Crippen molar-refractivity contribution in [2.24, 2.45) is 0 Å². The molecule has 0 radical (unpaired) electrons. The number of amides is 2. The molecule has 0 aliphatic heterocycles. The first-order valence-electron chi connectivity index (χ1n) is 9.10. The first-order valence-corrected chi connectivity index (χ1v) is 9.92. The summed E-state index contributed by atoms with van der Waals surface area (Å²) in [7, 11) is 0. The van der Waals surface area contributed by atoms with E-state index in [2.05, 4.69) is 5.32 Å². The molecule has 0 aliphatic rings. The van der Waals surface area contributed by atoms with Gasteiger partial charge in [-0.25, -0.2) is 9.59 Å². The lowest BCUT2D eigenvalue weighted by Crippen LogP contribution is -2.34. The number of rotatable bonds is 7. The average molecular weight is 425 g/mol. The number of thiophene rings is 1. The fourth-order valence-electron chi connectivity index (χ4n) is 2.86. The van der Waals surface area contributed by atoms with Crippen LogP contribution in [0, 0.1) is 10.1 Å². The third-order valence-corrected chi connectivity index (χ3v) is 5.59. The number of nitro benzene ring substituents is 1. The van der Waals surface area contributed by atoms with Gasteiger partial charge in [0.1, 0.15) is 4.88 Å². The molecule has 0 bridgehead atoms. The zero-order valence-electron chi connectivity index (χ0n) is 16.1. The van der Waals surface area contributed by atoms with Crippen LogP contribution in [-0.4, -0.2) is 33.5 Å². The van der Waals surface area contributed by atoms with Crippen LogP contribution >= 0.6 is 11.3 Å². The van der Waals surface area contributed by atoms with Crippen molar-refractivity contribution in [3.63, 3.8) is 0 Å². The summed E-state index contributed by atoms with van der Waals surface area (Å²) in [5.74, 6) is -1.16. The van der Waals surface area contributed by atoms with E-state index in [9.17, 15) is 24.8 Å². The number of nitrogens with zero attached hydrogens (tertiary/aromatic N) is 2. The van der Waals surface area contributed by atoms with E-state index in [0.717, 1.165) is 16.9 Å². The summed E-state index contributed by atoms with van der Waals surface area (Å²) in [6.45, 7) is 2.68. The van der Waals surface area contributed by atoms with Crippen LogP contribution in [0.4, 0.5) is 16.2 Å². The molecule has 0 unspecified atom stereocenters. The second-order valence-electron chi connectivity index (χ2n) is 6.39. The van der Waals surface area contributed by atoms with E-state index in [-0.39, 0.29) is 16.3 Å². The number of aromatic carboxylic acids is 1. The third-order valence-electron chi connectivity index (χ3n) is 4.42. The second kappa shape index (κ2) is 9.19. The van der Waals surface area contributed by atoms with Crippen LogP contribution in [-0.2, 0) is 6.54 Å². The molecule has 1 heterocycles. The lowest BCUT2D eigenvalue weighted by molar-refractivity contribution is -0.384. The van der Waals surface area contributed by atoms with Crippen molar-refractivity contribution in [3.05, 3.63) is 81.2 Å². The van der Waals surface area contributed by atoms with Crippen LogP contribution < -0.4 is 5.32 Å². The van der Waals surface area contributed by atoms with E-state index >= 15 is 0 Å². The number of nitro groups is 1. The van der Waals surface area contributed by atoms with Gasteiger partial charge >= 0.3 is 12.0 Å². The third kappa shape index (κ3) is 4.81. The van der Waals surface area contributed by atoms with Gasteiger partial charge in [0, 0.05) is 30.1 Å². The van der Waals surface area contributed by atoms with Gasteiger partial charge in [0.05, 0.1) is 10.6 Å². The number of carboxylic acid groups (broad SMARTS) is 1. The first kappa shape index (κ1) is 21.0. The Morgan fingerprint density at radius 1 is 1.13 bits per heavy atom. The molecule has 2 N–H and O–H groups in total. The maximum atomic E-state index is 12.7. The zero-order chi connectivity index (χ0) is 21.7. The molecule has 2 aromatic carbocycles. The lowest BCUT2D eigenvalue weighted by Gasteiger charge is -2.21. The highest BCUT2D eigenvalue weighted by atomic mass is 32.1. The van der Waals surface area contributed by atoms with Gasteiger partial charge in [0.2, 0.25) is 0 Å². The normalized spacial score (nSPS) is 10.4. The van der Waals surface area contributed by atoms with Gasteiger partial charge in [0.25, 0.3) is 5.69 Å². The number of benzene rings is 2. The molecule has 8 nitrogen and oxygen atoms in total. The molecule has 0 aliphatic carbocycles. The van der Waals surface area contributed by atoms with E-state index in [1.54, 1.807) is 23.1 Å². The van der Waals surface area contributed by atoms with E-state index < -0.39 is 16.9 Å². The summed E-state index contributed by atoms with van der Waals surface area (Å²) in [5, 5.41) is 23.1. The topological polar surface area (TPSA) is 113 Å². The average Bonchev–Trinajstić information content (AvgIpc) is 3.16. The molecule has 2 amide bonds. The summed E-state index contributed by atoms with van der Waals surface area (Å²) in [6, 6.07) is 16.5. The van der Waals surface area contributed by atoms with E-state index in [1.165, 1.54) is 12.1 Å². The molecule has 0 saturated heterocycles. The maximum Gasteiger partial charge on any atom is 0.348 e. The summed E-state index contributed by atoms with van der Waals surface area (Å²) in [5.41, 5.74) is 1.73. The van der Waals surface area contributed by atoms with Gasteiger partial charge in [-0.1, -0.05) is 30.3 Å². The number of hydrogen-bond acceptors (Lipinski definition) is 5. The van der Waals surface area contributed by atoms with Crippen LogP contribution in [0.3, 0.4) is 0 Å². The van der Waals surface area contributed by atoms with Crippen LogP contribution in [0.2, 0.25) is 0 Å². The SMILES string of the molecule is CCN(Cc1ccccc1)C(=O)Nc1cc(-c2ccc([N+](=O)[O-])cc2)sc1C(=O)O. The summed E-state index contributed by atoms with van der Waals surface area (Å²) >= 11 is 0.998. The molecule has 0 spiro atoms. The Kier molecular flexibility index (Phi) is 6.43. The maximum absolute atomic E-state index is 12.7. The van der Waals surface area contributed by atoms with Crippen molar-refractivity contribution < 1.29 is 19.6 Å². The molecular formula is C21H19N3O5S. The Bertz CT molecular complexity index is 1060. The first-order chi connectivity index (χ1) is 14.4. The van der Waals surface area contributed by atoms with Crippen molar-refractivity contribution in [2.75, 3.05) is 11.9 Å². The molecule has 3 aromatic rings. The highest BCUT2D eigenvalue weighted by Crippen LogP contribution is 2.35. The Hall–Kier alpha value is -3.72. The lowest BCUT2D eigenvalue weighted by atomic mass is 10.1. The van der Waals surface area contributed by atoms with E-state index in [1.807, 2.05) is 37.3 Å². The molecule has 3 rings (SSSR count). The van der Waals surface area contributed by atoms with Crippen LogP contribution in [0.5, 0.6) is 0 Å². The molecule has 0 fully saturated rings. The number of carboxylic acids is 1. The van der Waals surface area contributed by atoms with Crippen molar-refractivity contribution in [1.29, 1.82) is 0 Å². The number of carbonyl (C=O) groups is 2. The van der Waals surface area contributed by atoms with Crippen LogP contribution in [0.25, 0.3) is 10.4 Å². The minimum atomic E-state index is -1.16. The Balaban J connectivity index is 1.83. The van der Waals surface area contributed by atoms with Gasteiger partial charge in [-0.15, -0.1) is 11.3 Å². The fraction of sp³-hybridized carbons (Fsp3) is 0.143. The number of non-ortho nitro benzene ring substituents is 1. The Morgan fingerprint density at radius 2 is 1.80 bits per heavy atom. The van der Waals surface area contributed by atoms with Crippen molar-refractivity contribution >= 4 is 34.7 Å². The standard InChI is InChI=1S/C21H19N3O5S/c1-2-23(13-14-6-4-3-5-7-14)21(27)22-17-12-18(30-19(17)20(25)26)15-8-10-16(11-9-15)24(28)29/h3-12H,2,13H2,1H3,(H,22,27)(H,25,26). The molecular weight excluding hydrogens is 406 g/mol. The number of nitrogens with one attached hydrogen (secondary N) is 1. The van der Waals surface area contributed by atoms with Crippen molar-refractivity contribution in [1.82, 2.24) is 4.90 Å². The number of urea groups is 1. The fourth-order valence-corrected chi connectivity index (χ4v) is 3.82. The van der Waals surface area contributed by atoms with E-state index in [4.69, 9.17) is 0 Å². The Labute approximate surface area is 176 Å². The smallest absolute Gasteiger partial charge is 0.348 e. The molecule has 0 saturated carbocycles. The summed E-state index contributed by atoms with van der Waals surface area (Å²) in [4.78, 5) is 36.9. The quantitative estimate of drug-likeness (QED) is 0.405. The van der Waals surface area contributed by atoms with Gasteiger partial charge in [-0.3, -0.25) is 10.1 Å². The van der Waals surface area contributed by atoms with Crippen molar-refractivity contribution in [2.45, 2.75) is 13.5 Å². The Morgan fingerprint density at radius 3 is 2.37 bits per heavy atom. The van der Waals surface area contributed by atoms with Gasteiger partial charge < -0.3 is 15.3 Å². The summed E-state index contributed by atoms with van der Waals surface area (Å²) < 4.78 is 0. The molecule has 1 aromatic heterocycles. The monoisotopic (exact) mass is 425 g/mol. The minimum Gasteiger partial charge on any atom is -0.477 e. The van der Waals surface area contributed by atoms with Gasteiger partial charge in [-0.05, 0) is 36.2 Å². The van der Waals surface area contributed by atoms with Gasteiger partial charge in [0.15, 0.2) is 0 Å². The zero-order valence-corrected chi connectivity index (χ0v) is 16.9. The largest absolute Gasteiger partial charge is 0.477 e. The second-order valence-corrected chi connectivity index (χ2v) is 7.44. The van der Waals surface area contributed by atoms with Crippen LogP contribution in [0.1, 0.15) is 22.2 Å². The van der Waals surface area contributed by atoms with Crippen LogP contribution in [0.15, 0.2) is 60.7 Å². The number of hydrogen-bond donors (Lipinski definition) is 2. The highest BCUT2D eigenvalue weighted by Gasteiger charge is 2.21. The predicted molar refractivity (Wildman–Crippen MR) is 115 cm³/mol. The van der Waals surface area contributed by atoms with Gasteiger partial charge in [-0.2, -0.15) is 0 Å². The van der Waals surface area contributed by atoms with Crippen molar-refractivity contribution in [3.8, 4) is 10.4 Å². The molecule has 0 atom stereocenters. The number of anilines is 1. The molecule has 154 valence electrons. The highest BCUT2D eigenvalue weighted by molar-refractivity contribution is 7.18. The minimum absolute atomic E-state index is 0.00698. The molecule has 30 heavy (non-hydrogen) atoms. The van der Waals surface area contributed by atoms with E-state index in [0.29, 0.717) is 23.5 Å². The number of carbonyl (C=O) groups excluding carboxylic acids is 1. The predicted octanol–water partition coefficient (Wildman–Crippen LogP) is 5.08.